The summed E-state index contributed by atoms with van der Waals surface area (Å²) >= 11 is 1.45. The highest BCUT2D eigenvalue weighted by atomic mass is 32.2. The summed E-state index contributed by atoms with van der Waals surface area (Å²) in [5, 5.41) is 0. The predicted molar refractivity (Wildman–Crippen MR) is 71.2 cm³/mol. The van der Waals surface area contributed by atoms with Crippen molar-refractivity contribution in [2.24, 2.45) is 0 Å². The average molecular weight is 276 g/mol. The van der Waals surface area contributed by atoms with Gasteiger partial charge in [0.15, 0.2) is 17.3 Å². The monoisotopic (exact) mass is 276 g/mol. The Labute approximate surface area is 114 Å². The fourth-order valence-electron chi connectivity index (χ4n) is 1.77. The van der Waals surface area contributed by atoms with E-state index < -0.39 is 0 Å². The van der Waals surface area contributed by atoms with Crippen molar-refractivity contribution in [2.75, 3.05) is 19.0 Å². The minimum atomic E-state index is -0.0233. The Hall–Kier alpha value is -1.88. The van der Waals surface area contributed by atoms with Crippen LogP contribution in [-0.4, -0.2) is 24.7 Å². The summed E-state index contributed by atoms with van der Waals surface area (Å²) in [6.45, 7) is 1.14. The molecule has 5 heteroatoms. The Morgan fingerprint density at radius 3 is 2.79 bits per heavy atom. The van der Waals surface area contributed by atoms with E-state index in [1.807, 2.05) is 18.2 Å². The van der Waals surface area contributed by atoms with Crippen LogP contribution in [0, 0.1) is 0 Å². The van der Waals surface area contributed by atoms with Crippen molar-refractivity contribution < 1.29 is 18.7 Å². The van der Waals surface area contributed by atoms with E-state index in [0.29, 0.717) is 24.7 Å². The van der Waals surface area contributed by atoms with Crippen molar-refractivity contribution in [3.8, 4) is 11.5 Å². The summed E-state index contributed by atoms with van der Waals surface area (Å²) in [5.74, 6) is 2.21. The molecule has 98 valence electrons. The van der Waals surface area contributed by atoms with Crippen LogP contribution < -0.4 is 9.47 Å². The van der Waals surface area contributed by atoms with Crippen molar-refractivity contribution in [2.45, 2.75) is 4.90 Å². The van der Waals surface area contributed by atoms with E-state index in [-0.39, 0.29) is 5.78 Å². The van der Waals surface area contributed by atoms with Gasteiger partial charge in [-0.2, -0.15) is 0 Å². The molecular formula is C14H12O4S. The molecule has 0 N–H and O–H groups in total. The molecule has 2 heterocycles. The van der Waals surface area contributed by atoms with Crippen LogP contribution in [0.25, 0.3) is 0 Å². The number of carbonyl (C=O) groups excluding carboxylic acids is 1. The van der Waals surface area contributed by atoms with Gasteiger partial charge in [-0.3, -0.25) is 4.79 Å². The van der Waals surface area contributed by atoms with Crippen molar-refractivity contribution in [3.05, 3.63) is 42.4 Å². The SMILES string of the molecule is O=C(CSc1ccc2c(c1)OCCO2)c1ccco1. The number of benzene rings is 1. The average Bonchev–Trinajstić information content (AvgIpc) is 2.99. The van der Waals surface area contributed by atoms with E-state index in [4.69, 9.17) is 13.9 Å². The fraction of sp³-hybridized carbons (Fsp3) is 0.214. The summed E-state index contributed by atoms with van der Waals surface area (Å²) < 4.78 is 16.0. The standard InChI is InChI=1S/C14H12O4S/c15-11(12-2-1-5-16-12)9-19-10-3-4-13-14(8-10)18-7-6-17-13/h1-5,8H,6-7,9H2. The number of fused-ring (bicyclic) bond motifs is 1. The molecule has 1 aromatic carbocycles. The molecule has 0 unspecified atom stereocenters. The van der Waals surface area contributed by atoms with Gasteiger partial charge in [-0.25, -0.2) is 0 Å². The number of thioether (sulfide) groups is 1. The molecule has 0 spiro atoms. The number of hydrogen-bond acceptors (Lipinski definition) is 5. The normalized spacial score (nSPS) is 13.3. The highest BCUT2D eigenvalue weighted by molar-refractivity contribution is 8.00. The zero-order valence-corrected chi connectivity index (χ0v) is 10.9. The first kappa shape index (κ1) is 12.2. The van der Waals surface area contributed by atoms with Crippen molar-refractivity contribution >= 4 is 17.5 Å². The molecule has 3 rings (SSSR count). The summed E-state index contributed by atoms with van der Waals surface area (Å²) in [7, 11) is 0. The van der Waals surface area contributed by atoms with Gasteiger partial charge in [-0.1, -0.05) is 0 Å². The molecular weight excluding hydrogens is 264 g/mol. The summed E-state index contributed by atoms with van der Waals surface area (Å²) in [6.07, 6.45) is 1.50. The summed E-state index contributed by atoms with van der Waals surface area (Å²) in [5.41, 5.74) is 0. The van der Waals surface area contributed by atoms with Crippen molar-refractivity contribution in [1.29, 1.82) is 0 Å². The molecule has 0 bridgehead atoms. The van der Waals surface area contributed by atoms with Crippen LogP contribution in [0.3, 0.4) is 0 Å². The predicted octanol–water partition coefficient (Wildman–Crippen LogP) is 3.03. The second kappa shape index (κ2) is 5.40. The highest BCUT2D eigenvalue weighted by Gasteiger charge is 2.13. The third-order valence-electron chi connectivity index (χ3n) is 2.68. The van der Waals surface area contributed by atoms with Crippen molar-refractivity contribution in [3.63, 3.8) is 0 Å². The minimum absolute atomic E-state index is 0.0233. The smallest absolute Gasteiger partial charge is 0.208 e. The first-order valence-corrected chi connectivity index (χ1v) is 6.90. The topological polar surface area (TPSA) is 48.7 Å². The lowest BCUT2D eigenvalue weighted by Gasteiger charge is -2.18. The maximum atomic E-state index is 11.8. The number of hydrogen-bond donors (Lipinski definition) is 0. The Kier molecular flexibility index (Phi) is 3.46. The van der Waals surface area contributed by atoms with E-state index in [9.17, 15) is 4.79 Å². The van der Waals surface area contributed by atoms with Crippen LogP contribution in [0.15, 0.2) is 45.9 Å². The maximum absolute atomic E-state index is 11.8. The lowest BCUT2D eigenvalue weighted by atomic mass is 10.3. The second-order valence-electron chi connectivity index (χ2n) is 3.99. The molecule has 0 radical (unpaired) electrons. The van der Waals surface area contributed by atoms with Gasteiger partial charge in [-0.05, 0) is 30.3 Å². The van der Waals surface area contributed by atoms with Crippen LogP contribution >= 0.6 is 11.8 Å². The zero-order valence-electron chi connectivity index (χ0n) is 10.1. The first-order valence-electron chi connectivity index (χ1n) is 5.92. The molecule has 1 aromatic heterocycles. The number of ether oxygens (including phenoxy) is 2. The number of ketones is 1. The number of Topliss-reactive ketones (excluding diaryl/α,β-unsaturated/α-hetero) is 1. The van der Waals surface area contributed by atoms with Crippen LogP contribution in [0.1, 0.15) is 10.6 Å². The van der Waals surface area contributed by atoms with Crippen LogP contribution in [0.4, 0.5) is 0 Å². The molecule has 0 saturated heterocycles. The third-order valence-corrected chi connectivity index (χ3v) is 3.67. The van der Waals surface area contributed by atoms with Gasteiger partial charge < -0.3 is 13.9 Å². The van der Waals surface area contributed by atoms with Crippen LogP contribution in [0.5, 0.6) is 11.5 Å². The van der Waals surface area contributed by atoms with Gasteiger partial charge in [0.25, 0.3) is 0 Å². The third kappa shape index (κ3) is 2.76. The Morgan fingerprint density at radius 2 is 2.00 bits per heavy atom. The summed E-state index contributed by atoms with van der Waals surface area (Å²) in [4.78, 5) is 12.8. The molecule has 0 fully saturated rings. The molecule has 19 heavy (non-hydrogen) atoms. The minimum Gasteiger partial charge on any atom is -0.486 e. The molecule has 1 aliphatic heterocycles. The van der Waals surface area contributed by atoms with E-state index >= 15 is 0 Å². The molecule has 2 aromatic rings. The summed E-state index contributed by atoms with van der Waals surface area (Å²) in [6, 6.07) is 9.07. The van der Waals surface area contributed by atoms with Gasteiger partial charge in [0.05, 0.1) is 12.0 Å². The Balaban J connectivity index is 1.65. The van der Waals surface area contributed by atoms with Crippen LogP contribution in [0.2, 0.25) is 0 Å². The van der Waals surface area contributed by atoms with Gasteiger partial charge in [-0.15, -0.1) is 11.8 Å². The quantitative estimate of drug-likeness (QED) is 0.634. The number of furan rings is 1. The van der Waals surface area contributed by atoms with E-state index in [0.717, 1.165) is 16.4 Å². The van der Waals surface area contributed by atoms with Crippen molar-refractivity contribution in [1.82, 2.24) is 0 Å². The van der Waals surface area contributed by atoms with E-state index in [1.54, 1.807) is 12.1 Å². The van der Waals surface area contributed by atoms with E-state index in [1.165, 1.54) is 18.0 Å². The van der Waals surface area contributed by atoms with Gasteiger partial charge >= 0.3 is 0 Å². The largest absolute Gasteiger partial charge is 0.486 e. The molecule has 1 aliphatic rings. The number of carbonyl (C=O) groups is 1. The molecule has 0 aliphatic carbocycles. The lowest BCUT2D eigenvalue weighted by molar-refractivity contribution is 0.0992. The molecule has 0 saturated carbocycles. The Morgan fingerprint density at radius 1 is 1.16 bits per heavy atom. The van der Waals surface area contributed by atoms with Gasteiger partial charge in [0.1, 0.15) is 13.2 Å². The fourth-order valence-corrected chi connectivity index (χ4v) is 2.57. The first-order chi connectivity index (χ1) is 9.33. The molecule has 0 amide bonds. The van der Waals surface area contributed by atoms with E-state index in [2.05, 4.69) is 0 Å². The maximum Gasteiger partial charge on any atom is 0.208 e. The molecule has 0 atom stereocenters. The van der Waals surface area contributed by atoms with Gasteiger partial charge in [0.2, 0.25) is 5.78 Å². The molecule has 4 nitrogen and oxygen atoms in total. The number of rotatable bonds is 4. The zero-order chi connectivity index (χ0) is 13.1. The highest BCUT2D eigenvalue weighted by Crippen LogP contribution is 2.34. The lowest BCUT2D eigenvalue weighted by Crippen LogP contribution is -2.15. The Bertz CT molecular complexity index is 577. The van der Waals surface area contributed by atoms with Crippen LogP contribution in [-0.2, 0) is 0 Å². The second-order valence-corrected chi connectivity index (χ2v) is 5.04. The van der Waals surface area contributed by atoms with Gasteiger partial charge in [0, 0.05) is 4.90 Å².